The third kappa shape index (κ3) is 19.6. The molecule has 0 rings (SSSR count). The summed E-state index contributed by atoms with van der Waals surface area (Å²) in [5, 5.41) is 5.86. The molecule has 7 nitrogen and oxygen atoms in total. The molecule has 0 heterocycles. The molecule has 0 bridgehead atoms. The van der Waals surface area contributed by atoms with Crippen molar-refractivity contribution in [3.8, 4) is 0 Å². The van der Waals surface area contributed by atoms with Crippen molar-refractivity contribution < 1.29 is 23.3 Å². The highest BCUT2D eigenvalue weighted by Crippen LogP contribution is 2.01. The van der Waals surface area contributed by atoms with Crippen molar-refractivity contribution in [2.75, 3.05) is 74.6 Å². The molecule has 0 aromatic carbocycles. The molecule has 0 radical (unpaired) electrons. The van der Waals surface area contributed by atoms with Gasteiger partial charge in [-0.15, -0.1) is 0 Å². The molecule has 29 heavy (non-hydrogen) atoms. The minimum atomic E-state index is 0.0367. The van der Waals surface area contributed by atoms with E-state index in [-0.39, 0.29) is 11.8 Å². The maximum Gasteiger partial charge on any atom is 0.220 e. The maximum absolute atomic E-state index is 11.9. The lowest BCUT2D eigenvalue weighted by molar-refractivity contribution is -0.870. The topological polar surface area (TPSA) is 67.4 Å². The average Bonchev–Trinajstić information content (AvgIpc) is 2.62. The highest BCUT2D eigenvalue weighted by Gasteiger charge is 2.10. The van der Waals surface area contributed by atoms with Crippen molar-refractivity contribution in [2.24, 2.45) is 0 Å². The minimum absolute atomic E-state index is 0.0367. The molecule has 2 N–H and O–H groups in total. The Hall–Kier alpha value is -1.44. The van der Waals surface area contributed by atoms with Gasteiger partial charge in [0.05, 0.1) is 54.6 Å². The molecule has 0 aliphatic carbocycles. The summed E-state index contributed by atoms with van der Waals surface area (Å²) in [7, 11) is 10.7. The van der Waals surface area contributed by atoms with Crippen LogP contribution in [0.5, 0.6) is 0 Å². The smallest absolute Gasteiger partial charge is 0.220 e. The van der Waals surface area contributed by atoms with Crippen LogP contribution in [0.4, 0.5) is 0 Å². The van der Waals surface area contributed by atoms with Crippen molar-refractivity contribution in [2.45, 2.75) is 45.4 Å². The van der Waals surface area contributed by atoms with E-state index in [2.05, 4.69) is 59.0 Å². The van der Waals surface area contributed by atoms with Gasteiger partial charge in [-0.2, -0.15) is 0 Å². The van der Waals surface area contributed by atoms with E-state index in [1.807, 2.05) is 6.08 Å². The summed E-state index contributed by atoms with van der Waals surface area (Å²) < 4.78 is 7.16. The quantitative estimate of drug-likeness (QED) is 0.282. The van der Waals surface area contributed by atoms with Gasteiger partial charge in [-0.05, 0) is 25.3 Å². The van der Waals surface area contributed by atoms with Gasteiger partial charge in [0.2, 0.25) is 11.8 Å². The number of carbonyl (C=O) groups excluding carboxylic acids is 2. The van der Waals surface area contributed by atoms with E-state index in [9.17, 15) is 9.59 Å². The molecular formula is C22H46N4O3+2. The Morgan fingerprint density at radius 1 is 0.862 bits per heavy atom. The van der Waals surface area contributed by atoms with Crippen LogP contribution in [0.2, 0.25) is 0 Å². The highest BCUT2D eigenvalue weighted by atomic mass is 16.5. The van der Waals surface area contributed by atoms with E-state index < -0.39 is 0 Å². The van der Waals surface area contributed by atoms with Crippen LogP contribution in [0.15, 0.2) is 12.3 Å². The van der Waals surface area contributed by atoms with E-state index in [4.69, 9.17) is 4.74 Å². The lowest BCUT2D eigenvalue weighted by Gasteiger charge is -2.24. The van der Waals surface area contributed by atoms with Crippen LogP contribution >= 0.6 is 0 Å². The maximum atomic E-state index is 11.9. The summed E-state index contributed by atoms with van der Waals surface area (Å²) in [6, 6.07) is 0. The fourth-order valence-electron chi connectivity index (χ4n) is 2.66. The summed E-state index contributed by atoms with van der Waals surface area (Å²) >= 11 is 0. The van der Waals surface area contributed by atoms with Crippen molar-refractivity contribution >= 4 is 11.8 Å². The van der Waals surface area contributed by atoms with Gasteiger partial charge in [-0.25, -0.2) is 0 Å². The normalized spacial score (nSPS) is 12.3. The van der Waals surface area contributed by atoms with E-state index in [0.29, 0.717) is 19.4 Å². The van der Waals surface area contributed by atoms with Crippen molar-refractivity contribution in [1.82, 2.24) is 10.6 Å². The number of nitrogens with one attached hydrogen (secondary N) is 2. The zero-order chi connectivity index (χ0) is 22.2. The minimum Gasteiger partial charge on any atom is -0.376 e. The molecule has 0 aliphatic heterocycles. The Bertz CT molecular complexity index is 485. The van der Waals surface area contributed by atoms with Gasteiger partial charge >= 0.3 is 0 Å². The van der Waals surface area contributed by atoms with Crippen molar-refractivity contribution in [3.63, 3.8) is 0 Å². The summed E-state index contributed by atoms with van der Waals surface area (Å²) in [6.07, 6.45) is 8.52. The van der Waals surface area contributed by atoms with Crippen LogP contribution in [0.1, 0.15) is 45.4 Å². The molecule has 0 atom stereocenters. The van der Waals surface area contributed by atoms with Gasteiger partial charge in [0.25, 0.3) is 0 Å². The number of carbonyl (C=O) groups is 2. The molecule has 2 amide bonds. The molecule has 0 aromatic rings. The molecular weight excluding hydrogens is 368 g/mol. The van der Waals surface area contributed by atoms with E-state index >= 15 is 0 Å². The Morgan fingerprint density at radius 3 is 2.07 bits per heavy atom. The first-order valence-electron chi connectivity index (χ1n) is 11.0. The molecule has 170 valence electrons. The Labute approximate surface area is 178 Å². The van der Waals surface area contributed by atoms with Gasteiger partial charge in [0.1, 0.15) is 6.54 Å². The summed E-state index contributed by atoms with van der Waals surface area (Å²) in [6.45, 7) is 6.84. The Morgan fingerprint density at radius 2 is 1.48 bits per heavy atom. The lowest BCUT2D eigenvalue weighted by atomic mass is 10.2. The zero-order valence-electron chi connectivity index (χ0n) is 19.8. The first-order chi connectivity index (χ1) is 13.6. The van der Waals surface area contributed by atoms with Gasteiger partial charge in [0.15, 0.2) is 0 Å². The number of hydrogen-bond acceptors (Lipinski definition) is 3. The summed E-state index contributed by atoms with van der Waals surface area (Å²) in [4.78, 5) is 23.7. The second-order valence-corrected chi connectivity index (χ2v) is 9.23. The SMILES string of the molecule is CCCOCC[N+](C)(C)C=CCNC(=O)CCCCC(=O)NCCC[N+](C)(C)C. The summed E-state index contributed by atoms with van der Waals surface area (Å²) in [5.74, 6) is 0.118. The third-order valence-electron chi connectivity index (χ3n) is 4.47. The third-order valence-corrected chi connectivity index (χ3v) is 4.47. The van der Waals surface area contributed by atoms with Gasteiger partial charge in [-0.3, -0.25) is 9.59 Å². The average molecular weight is 415 g/mol. The predicted octanol–water partition coefficient (Wildman–Crippen LogP) is 1.89. The second-order valence-electron chi connectivity index (χ2n) is 9.23. The number of quaternary nitrogens is 2. The molecule has 0 fully saturated rings. The molecule has 0 unspecified atom stereocenters. The highest BCUT2D eigenvalue weighted by molar-refractivity contribution is 5.77. The van der Waals surface area contributed by atoms with E-state index in [1.54, 1.807) is 0 Å². The molecule has 0 saturated heterocycles. The molecule has 0 saturated carbocycles. The first kappa shape index (κ1) is 27.6. The lowest BCUT2D eigenvalue weighted by Crippen LogP contribution is -2.37. The Kier molecular flexibility index (Phi) is 14.6. The molecule has 0 aromatic heterocycles. The van der Waals surface area contributed by atoms with E-state index in [0.717, 1.165) is 67.5 Å². The van der Waals surface area contributed by atoms with Crippen LogP contribution in [0.3, 0.4) is 0 Å². The molecule has 0 spiro atoms. The number of amides is 2. The first-order valence-corrected chi connectivity index (χ1v) is 11.0. The number of likely N-dealkylation sites (N-methyl/N-ethyl adjacent to an activating group) is 1. The molecule has 0 aliphatic rings. The van der Waals surface area contributed by atoms with Gasteiger partial charge in [0, 0.05) is 39.0 Å². The van der Waals surface area contributed by atoms with Crippen molar-refractivity contribution in [1.29, 1.82) is 0 Å². The predicted molar refractivity (Wildman–Crippen MR) is 119 cm³/mol. The standard InChI is InChI=1S/C22H44N4O3/c1-7-19-29-20-18-26(5,6)17-11-15-24-22(28)13-9-8-12-21(27)23-14-10-16-25(2,3)4/h11,17H,7-10,12-16,18-20H2,1-6H3/p+2. The monoisotopic (exact) mass is 414 g/mol. The summed E-state index contributed by atoms with van der Waals surface area (Å²) in [5.41, 5.74) is 0. The Balaban J connectivity index is 3.72. The number of ether oxygens (including phenoxy) is 1. The fraction of sp³-hybridized carbons (Fsp3) is 0.818. The van der Waals surface area contributed by atoms with Crippen LogP contribution in [0.25, 0.3) is 0 Å². The zero-order valence-corrected chi connectivity index (χ0v) is 19.8. The van der Waals surface area contributed by atoms with E-state index in [1.165, 1.54) is 0 Å². The van der Waals surface area contributed by atoms with Crippen LogP contribution < -0.4 is 10.6 Å². The number of hydrogen-bond donors (Lipinski definition) is 2. The van der Waals surface area contributed by atoms with Crippen molar-refractivity contribution in [3.05, 3.63) is 12.3 Å². The van der Waals surface area contributed by atoms with Crippen LogP contribution in [0, 0.1) is 0 Å². The largest absolute Gasteiger partial charge is 0.376 e. The number of rotatable bonds is 17. The fourth-order valence-corrected chi connectivity index (χ4v) is 2.66. The molecule has 7 heteroatoms. The van der Waals surface area contributed by atoms with Crippen LogP contribution in [-0.2, 0) is 14.3 Å². The number of nitrogens with zero attached hydrogens (tertiary/aromatic N) is 2. The second kappa shape index (κ2) is 15.4. The van der Waals surface area contributed by atoms with Crippen LogP contribution in [-0.4, -0.2) is 95.4 Å². The number of unbranched alkanes of at least 4 members (excludes halogenated alkanes) is 1. The van der Waals surface area contributed by atoms with Gasteiger partial charge < -0.3 is 24.3 Å². The van der Waals surface area contributed by atoms with Gasteiger partial charge in [-0.1, -0.05) is 6.92 Å².